The first kappa shape index (κ1) is 41.9. The van der Waals surface area contributed by atoms with Crippen molar-refractivity contribution in [3.05, 3.63) is 0 Å². The molecule has 0 saturated carbocycles. The molecule has 0 unspecified atom stereocenters. The van der Waals surface area contributed by atoms with Crippen LogP contribution >= 0.6 is 0 Å². The molecule has 0 N–H and O–H groups in total. The summed E-state index contributed by atoms with van der Waals surface area (Å²) < 4.78 is 11.6. The molecule has 0 aliphatic carbocycles. The van der Waals surface area contributed by atoms with Crippen molar-refractivity contribution in [3.63, 3.8) is 0 Å². The van der Waals surface area contributed by atoms with E-state index >= 15 is 0 Å². The molecule has 0 aromatic carbocycles. The van der Waals surface area contributed by atoms with Crippen LogP contribution in [0.5, 0.6) is 0 Å². The highest BCUT2D eigenvalue weighted by Gasteiger charge is 2.15. The monoisotopic (exact) mass is 610 g/mol. The summed E-state index contributed by atoms with van der Waals surface area (Å²) in [6, 6.07) is 0. The van der Waals surface area contributed by atoms with E-state index in [9.17, 15) is 9.59 Å². The molecule has 0 aromatic rings. The molecule has 2 atom stereocenters. The van der Waals surface area contributed by atoms with Crippen LogP contribution in [0.2, 0.25) is 0 Å². The largest absolute Gasteiger partial charge is 0.465 e. The molecule has 0 saturated heterocycles. The number of esters is 2. The molecule has 0 rings (SSSR count). The van der Waals surface area contributed by atoms with Crippen LogP contribution in [0.1, 0.15) is 194 Å². The van der Waals surface area contributed by atoms with Crippen molar-refractivity contribution in [3.8, 4) is 0 Å². The van der Waals surface area contributed by atoms with E-state index in [0.29, 0.717) is 25.4 Å². The van der Waals surface area contributed by atoms with Gasteiger partial charge in [0.2, 0.25) is 0 Å². The second-order valence-electron chi connectivity index (χ2n) is 13.5. The van der Waals surface area contributed by atoms with Crippen LogP contribution in [0.4, 0.5) is 0 Å². The van der Waals surface area contributed by atoms with Gasteiger partial charge in [0.1, 0.15) is 6.10 Å². The second-order valence-corrected chi connectivity index (χ2v) is 13.5. The van der Waals surface area contributed by atoms with Crippen LogP contribution in [0.3, 0.4) is 0 Å². The molecule has 0 fully saturated rings. The van der Waals surface area contributed by atoms with Crippen molar-refractivity contribution in [2.75, 3.05) is 27.2 Å². The van der Waals surface area contributed by atoms with Gasteiger partial charge in [0.15, 0.2) is 0 Å². The van der Waals surface area contributed by atoms with Gasteiger partial charge < -0.3 is 14.4 Å². The van der Waals surface area contributed by atoms with Crippen molar-refractivity contribution in [2.24, 2.45) is 5.92 Å². The van der Waals surface area contributed by atoms with E-state index in [1.165, 1.54) is 109 Å². The quantitative estimate of drug-likeness (QED) is 0.0547. The van der Waals surface area contributed by atoms with Crippen molar-refractivity contribution in [2.45, 2.75) is 200 Å². The van der Waals surface area contributed by atoms with Crippen LogP contribution in [-0.4, -0.2) is 50.2 Å². The van der Waals surface area contributed by atoms with E-state index < -0.39 is 0 Å². The average molecular weight is 610 g/mol. The average Bonchev–Trinajstić information content (AvgIpc) is 2.98. The number of hydrogen-bond acceptors (Lipinski definition) is 5. The zero-order valence-electron chi connectivity index (χ0n) is 29.7. The second kappa shape index (κ2) is 32.3. The van der Waals surface area contributed by atoms with Gasteiger partial charge in [0.05, 0.1) is 6.61 Å². The third-order valence-electron chi connectivity index (χ3n) is 8.73. The minimum absolute atomic E-state index is 0.00810. The van der Waals surface area contributed by atoms with Crippen LogP contribution in [0, 0.1) is 5.92 Å². The zero-order valence-corrected chi connectivity index (χ0v) is 29.7. The fourth-order valence-electron chi connectivity index (χ4n) is 5.85. The first-order valence-electron chi connectivity index (χ1n) is 18.9. The predicted molar refractivity (Wildman–Crippen MR) is 185 cm³/mol. The lowest BCUT2D eigenvalue weighted by molar-refractivity contribution is -0.150. The smallest absolute Gasteiger partial charge is 0.306 e. The molecular formula is C38H75NO4. The molecule has 0 aromatic heterocycles. The molecule has 0 radical (unpaired) electrons. The number of carbonyl (C=O) groups excluding carboxylic acids is 2. The highest BCUT2D eigenvalue weighted by atomic mass is 16.5. The van der Waals surface area contributed by atoms with Gasteiger partial charge in [0.25, 0.3) is 0 Å². The van der Waals surface area contributed by atoms with Gasteiger partial charge in [-0.2, -0.15) is 0 Å². The summed E-state index contributed by atoms with van der Waals surface area (Å²) in [6.07, 6.45) is 31.1. The Labute approximate surface area is 269 Å². The summed E-state index contributed by atoms with van der Waals surface area (Å²) in [6.45, 7) is 8.29. The summed E-state index contributed by atoms with van der Waals surface area (Å²) >= 11 is 0. The topological polar surface area (TPSA) is 55.8 Å². The van der Waals surface area contributed by atoms with Crippen molar-refractivity contribution in [1.29, 1.82) is 0 Å². The fraction of sp³-hybridized carbons (Fsp3) is 0.947. The Bertz CT molecular complexity index is 609. The Morgan fingerprint density at radius 3 is 1.51 bits per heavy atom. The van der Waals surface area contributed by atoms with Gasteiger partial charge >= 0.3 is 11.9 Å². The van der Waals surface area contributed by atoms with Gasteiger partial charge in [-0.25, -0.2) is 0 Å². The number of hydrogen-bond donors (Lipinski definition) is 0. The maximum Gasteiger partial charge on any atom is 0.306 e. The predicted octanol–water partition coefficient (Wildman–Crippen LogP) is 11.2. The van der Waals surface area contributed by atoms with Gasteiger partial charge in [-0.15, -0.1) is 0 Å². The molecule has 0 aliphatic heterocycles. The van der Waals surface area contributed by atoms with Crippen LogP contribution in [0.15, 0.2) is 0 Å². The van der Waals surface area contributed by atoms with E-state index in [4.69, 9.17) is 9.47 Å². The zero-order chi connectivity index (χ0) is 31.8. The maximum absolute atomic E-state index is 12.5. The normalized spacial score (nSPS) is 12.9. The van der Waals surface area contributed by atoms with Gasteiger partial charge in [-0.05, 0) is 77.9 Å². The number of carbonyl (C=O) groups is 2. The minimum atomic E-state index is -0.0218. The Kier molecular flexibility index (Phi) is 31.5. The maximum atomic E-state index is 12.5. The molecule has 0 amide bonds. The Morgan fingerprint density at radius 2 is 0.953 bits per heavy atom. The Morgan fingerprint density at radius 1 is 0.512 bits per heavy atom. The van der Waals surface area contributed by atoms with Crippen LogP contribution in [-0.2, 0) is 19.1 Å². The first-order valence-corrected chi connectivity index (χ1v) is 18.9. The third kappa shape index (κ3) is 30.7. The minimum Gasteiger partial charge on any atom is -0.465 e. The molecule has 5 heteroatoms. The third-order valence-corrected chi connectivity index (χ3v) is 8.73. The molecule has 256 valence electrons. The summed E-state index contributed by atoms with van der Waals surface area (Å²) in [5.74, 6) is 0.509. The molecule has 0 heterocycles. The summed E-state index contributed by atoms with van der Waals surface area (Å²) in [5.41, 5.74) is 0. The number of rotatable bonds is 33. The van der Waals surface area contributed by atoms with Crippen molar-refractivity contribution < 1.29 is 19.1 Å². The number of nitrogens with zero attached hydrogens (tertiary/aromatic N) is 1. The number of ether oxygens (including phenoxy) is 2. The van der Waals surface area contributed by atoms with Crippen LogP contribution < -0.4 is 0 Å². The number of unbranched alkanes of at least 4 members (excludes halogenated alkanes) is 16. The van der Waals surface area contributed by atoms with E-state index in [2.05, 4.69) is 25.7 Å². The van der Waals surface area contributed by atoms with E-state index in [1.54, 1.807) is 0 Å². The lowest BCUT2D eigenvalue weighted by Crippen LogP contribution is -2.20. The van der Waals surface area contributed by atoms with E-state index in [1.807, 2.05) is 14.1 Å². The highest BCUT2D eigenvalue weighted by molar-refractivity contribution is 5.69. The summed E-state index contributed by atoms with van der Waals surface area (Å²) in [4.78, 5) is 26.9. The molecule has 5 nitrogen and oxygen atoms in total. The Hall–Kier alpha value is -1.10. The molecule has 43 heavy (non-hydrogen) atoms. The van der Waals surface area contributed by atoms with Crippen molar-refractivity contribution >= 4 is 11.9 Å². The van der Waals surface area contributed by atoms with Crippen molar-refractivity contribution in [1.82, 2.24) is 4.90 Å². The molecule has 0 aliphatic rings. The molecule has 0 bridgehead atoms. The fourth-order valence-corrected chi connectivity index (χ4v) is 5.85. The molecule has 0 spiro atoms. The lowest BCUT2D eigenvalue weighted by Gasteiger charge is -2.18. The Balaban J connectivity index is 4.14. The SMILES string of the molecule is CCCCCCCCCC[C@H](CCCCCCCCC(=O)OC[C@@H](CCCC)CCCCCC)OC(=O)CCCN(C)C. The highest BCUT2D eigenvalue weighted by Crippen LogP contribution is 2.20. The molecular weight excluding hydrogens is 534 g/mol. The van der Waals surface area contributed by atoms with E-state index in [-0.39, 0.29) is 18.0 Å². The van der Waals surface area contributed by atoms with Crippen LogP contribution in [0.25, 0.3) is 0 Å². The lowest BCUT2D eigenvalue weighted by atomic mass is 9.96. The van der Waals surface area contributed by atoms with Gasteiger partial charge in [0, 0.05) is 12.8 Å². The standard InChI is InChI=1S/C38H75NO4/c1-6-9-12-14-15-16-19-23-29-36(43-38(41)32-26-33-39(4)5)30-24-20-17-18-21-25-31-37(40)42-34-35(27-11-8-3)28-22-13-10-7-2/h35-36H,6-34H2,1-5H3/t35-,36+/m0/s1. The summed E-state index contributed by atoms with van der Waals surface area (Å²) in [7, 11) is 4.09. The van der Waals surface area contributed by atoms with Gasteiger partial charge in [-0.3, -0.25) is 9.59 Å². The van der Waals surface area contributed by atoms with Gasteiger partial charge in [-0.1, -0.05) is 130 Å². The first-order chi connectivity index (χ1) is 20.9. The summed E-state index contributed by atoms with van der Waals surface area (Å²) in [5, 5.41) is 0. The van der Waals surface area contributed by atoms with E-state index in [0.717, 1.165) is 57.9 Å².